The Morgan fingerprint density at radius 3 is 2.59 bits per heavy atom. The van der Waals surface area contributed by atoms with E-state index in [1.807, 2.05) is 0 Å². The summed E-state index contributed by atoms with van der Waals surface area (Å²) in [6, 6.07) is 16.4. The van der Waals surface area contributed by atoms with Crippen molar-refractivity contribution in [3.63, 3.8) is 0 Å². The van der Waals surface area contributed by atoms with Gasteiger partial charge in [0.25, 0.3) is 0 Å². The molecule has 0 saturated heterocycles. The van der Waals surface area contributed by atoms with Gasteiger partial charge < -0.3 is 19.7 Å². The molecule has 10 heteroatoms. The second-order valence-electron chi connectivity index (χ2n) is 7.83. The first-order valence-corrected chi connectivity index (χ1v) is 12.0. The molecule has 0 spiro atoms. The normalized spacial score (nSPS) is 18.2. The largest absolute Gasteiger partial charge is 0.454 e. The molecule has 0 aliphatic carbocycles. The summed E-state index contributed by atoms with van der Waals surface area (Å²) in [5.41, 5.74) is 0.443. The van der Waals surface area contributed by atoms with Gasteiger partial charge >= 0.3 is 0 Å². The molecule has 3 aromatic carbocycles. The molecule has 0 aromatic heterocycles. The number of hydrogen-bond acceptors (Lipinski definition) is 6. The molecule has 1 atom stereocenters. The predicted molar refractivity (Wildman–Crippen MR) is 121 cm³/mol. The highest BCUT2D eigenvalue weighted by atomic mass is 32.2. The summed E-state index contributed by atoms with van der Waals surface area (Å²) in [6.45, 7) is -0.448. The number of sulfone groups is 1. The Morgan fingerprint density at radius 1 is 1.03 bits per heavy atom. The highest BCUT2D eigenvalue weighted by molar-refractivity contribution is 7.92. The van der Waals surface area contributed by atoms with E-state index in [1.165, 1.54) is 30.3 Å². The zero-order valence-corrected chi connectivity index (χ0v) is 18.5. The van der Waals surface area contributed by atoms with Gasteiger partial charge in [0.1, 0.15) is 12.4 Å². The van der Waals surface area contributed by atoms with Gasteiger partial charge in [-0.25, -0.2) is 12.8 Å². The number of benzene rings is 3. The predicted octanol–water partition coefficient (Wildman–Crippen LogP) is 3.44. The van der Waals surface area contributed by atoms with E-state index in [9.17, 15) is 22.4 Å². The number of para-hydroxylation sites is 2. The topological polar surface area (TPSA) is 102 Å². The lowest BCUT2D eigenvalue weighted by atomic mass is 10.1. The Labute approximate surface area is 194 Å². The molecule has 34 heavy (non-hydrogen) atoms. The number of carbonyl (C=O) groups excluding carboxylic acids is 2. The van der Waals surface area contributed by atoms with Gasteiger partial charge in [-0.2, -0.15) is 0 Å². The van der Waals surface area contributed by atoms with Gasteiger partial charge in [-0.1, -0.05) is 30.3 Å². The molecule has 5 rings (SSSR count). The third-order valence-electron chi connectivity index (χ3n) is 5.72. The van der Waals surface area contributed by atoms with Crippen molar-refractivity contribution in [2.24, 2.45) is 0 Å². The fraction of sp³-hybridized carbons (Fsp3) is 0.167. The maximum absolute atomic E-state index is 14.0. The van der Waals surface area contributed by atoms with Crippen LogP contribution in [0, 0.1) is 5.82 Å². The summed E-state index contributed by atoms with van der Waals surface area (Å²) in [7, 11) is -4.01. The van der Waals surface area contributed by atoms with Crippen molar-refractivity contribution in [2.45, 2.75) is 16.6 Å². The number of rotatable bonds is 4. The fourth-order valence-electron chi connectivity index (χ4n) is 4.07. The number of fused-ring (bicyclic) bond motifs is 2. The number of nitrogens with zero attached hydrogens (tertiary/aromatic N) is 1. The van der Waals surface area contributed by atoms with Crippen molar-refractivity contribution in [3.8, 4) is 11.5 Å². The standard InChI is InChI=1S/C24H19FN2O6S/c25-16-5-1-2-6-17(16)26-23(28)13-27-18-7-3-4-8-21(18)34(30,31)22(12-24(27)29)15-9-10-19-20(11-15)33-14-32-19/h1-11,22H,12-14H2,(H,26,28). The molecule has 8 nitrogen and oxygen atoms in total. The molecule has 0 fully saturated rings. The van der Waals surface area contributed by atoms with Crippen LogP contribution in [-0.4, -0.2) is 33.6 Å². The van der Waals surface area contributed by atoms with Crippen molar-refractivity contribution in [1.82, 2.24) is 0 Å². The Bertz CT molecular complexity index is 1410. The van der Waals surface area contributed by atoms with Gasteiger partial charge in [0.05, 0.1) is 21.5 Å². The number of amides is 2. The van der Waals surface area contributed by atoms with Crippen LogP contribution < -0.4 is 19.7 Å². The van der Waals surface area contributed by atoms with Crippen molar-refractivity contribution < 1.29 is 31.9 Å². The lowest BCUT2D eigenvalue weighted by Gasteiger charge is -2.22. The molecule has 0 bridgehead atoms. The highest BCUT2D eigenvalue weighted by Crippen LogP contribution is 2.43. The van der Waals surface area contributed by atoms with Crippen LogP contribution in [0.4, 0.5) is 15.8 Å². The van der Waals surface area contributed by atoms with E-state index in [1.54, 1.807) is 36.4 Å². The molecule has 1 N–H and O–H groups in total. The van der Waals surface area contributed by atoms with Crippen molar-refractivity contribution >= 4 is 33.0 Å². The third kappa shape index (κ3) is 3.86. The van der Waals surface area contributed by atoms with E-state index in [0.717, 1.165) is 4.90 Å². The highest BCUT2D eigenvalue weighted by Gasteiger charge is 2.40. The summed E-state index contributed by atoms with van der Waals surface area (Å²) in [5, 5.41) is 1.25. The quantitative estimate of drug-likeness (QED) is 0.611. The Hall–Kier alpha value is -3.92. The first-order chi connectivity index (χ1) is 16.3. The minimum absolute atomic E-state index is 0.0306. The number of hydrogen-bond donors (Lipinski definition) is 1. The molecule has 174 valence electrons. The van der Waals surface area contributed by atoms with Gasteiger partial charge in [-0.3, -0.25) is 9.59 Å². The smallest absolute Gasteiger partial charge is 0.244 e. The summed E-state index contributed by atoms with van der Waals surface area (Å²) >= 11 is 0. The van der Waals surface area contributed by atoms with Crippen LogP contribution in [0.15, 0.2) is 71.6 Å². The zero-order chi connectivity index (χ0) is 23.9. The third-order valence-corrected chi connectivity index (χ3v) is 7.86. The van der Waals surface area contributed by atoms with Crippen molar-refractivity contribution in [2.75, 3.05) is 23.6 Å². The van der Waals surface area contributed by atoms with Crippen LogP contribution in [0.2, 0.25) is 0 Å². The fourth-order valence-corrected chi connectivity index (χ4v) is 5.98. The molecule has 2 aliphatic rings. The van der Waals surface area contributed by atoms with Crippen molar-refractivity contribution in [3.05, 3.63) is 78.1 Å². The van der Waals surface area contributed by atoms with E-state index in [-0.39, 0.29) is 29.5 Å². The molecule has 1 unspecified atom stereocenters. The van der Waals surface area contributed by atoms with Crippen LogP contribution >= 0.6 is 0 Å². The second kappa shape index (κ2) is 8.45. The number of nitrogens with one attached hydrogen (secondary N) is 1. The van der Waals surface area contributed by atoms with Gasteiger partial charge in [0.15, 0.2) is 21.3 Å². The van der Waals surface area contributed by atoms with Crippen LogP contribution in [0.5, 0.6) is 11.5 Å². The summed E-state index contributed by atoms with van der Waals surface area (Å²) in [4.78, 5) is 27.0. The summed E-state index contributed by atoms with van der Waals surface area (Å²) in [5.74, 6) is -0.942. The molecule has 2 heterocycles. The number of halogens is 1. The van der Waals surface area contributed by atoms with E-state index in [4.69, 9.17) is 9.47 Å². The summed E-state index contributed by atoms with van der Waals surface area (Å²) in [6.07, 6.45) is -0.385. The van der Waals surface area contributed by atoms with Crippen molar-refractivity contribution in [1.29, 1.82) is 0 Å². The van der Waals surface area contributed by atoms with Gasteiger partial charge in [0, 0.05) is 6.42 Å². The SMILES string of the molecule is O=C(CN1C(=O)CC(c2ccc3c(c2)OCO3)S(=O)(=O)c2ccccc21)Nc1ccccc1F. The Balaban J connectivity index is 1.50. The maximum Gasteiger partial charge on any atom is 0.244 e. The molecule has 2 amide bonds. The maximum atomic E-state index is 14.0. The first-order valence-electron chi connectivity index (χ1n) is 10.4. The molecular weight excluding hydrogens is 463 g/mol. The van der Waals surface area contributed by atoms with Crippen LogP contribution in [-0.2, 0) is 19.4 Å². The van der Waals surface area contributed by atoms with Crippen LogP contribution in [0.25, 0.3) is 0 Å². The van der Waals surface area contributed by atoms with Gasteiger partial charge in [-0.15, -0.1) is 0 Å². The van der Waals surface area contributed by atoms with E-state index < -0.39 is 39.3 Å². The minimum Gasteiger partial charge on any atom is -0.454 e. The molecular formula is C24H19FN2O6S. The average molecular weight is 482 g/mol. The van der Waals surface area contributed by atoms with Gasteiger partial charge in [0.2, 0.25) is 18.6 Å². The average Bonchev–Trinajstić information content (AvgIpc) is 3.27. The Kier molecular flexibility index (Phi) is 5.45. The monoisotopic (exact) mass is 482 g/mol. The molecule has 0 saturated carbocycles. The number of ether oxygens (including phenoxy) is 2. The first kappa shape index (κ1) is 21.9. The van der Waals surface area contributed by atoms with E-state index >= 15 is 0 Å². The second-order valence-corrected chi connectivity index (χ2v) is 9.92. The van der Waals surface area contributed by atoms with Crippen LogP contribution in [0.1, 0.15) is 17.2 Å². The Morgan fingerprint density at radius 2 is 1.76 bits per heavy atom. The number of carbonyl (C=O) groups is 2. The lowest BCUT2D eigenvalue weighted by Crippen LogP contribution is -2.38. The van der Waals surface area contributed by atoms with E-state index in [0.29, 0.717) is 17.1 Å². The number of anilines is 2. The molecule has 0 radical (unpaired) electrons. The lowest BCUT2D eigenvalue weighted by molar-refractivity contribution is -0.121. The zero-order valence-electron chi connectivity index (χ0n) is 17.7. The van der Waals surface area contributed by atoms with E-state index in [2.05, 4.69) is 5.32 Å². The molecule has 2 aliphatic heterocycles. The van der Waals surface area contributed by atoms with Crippen LogP contribution in [0.3, 0.4) is 0 Å². The minimum atomic E-state index is -4.01. The summed E-state index contributed by atoms with van der Waals surface area (Å²) < 4.78 is 51.9. The van der Waals surface area contributed by atoms with Gasteiger partial charge in [-0.05, 0) is 42.0 Å². The molecule has 3 aromatic rings.